The first-order valence-corrected chi connectivity index (χ1v) is 11.1. The van der Waals surface area contributed by atoms with E-state index in [0.717, 1.165) is 16.1 Å². The average Bonchev–Trinajstić information content (AvgIpc) is 3.15. The van der Waals surface area contributed by atoms with Crippen molar-refractivity contribution in [2.24, 2.45) is 0 Å². The molecule has 1 aromatic heterocycles. The molecule has 1 atom stereocenters. The van der Waals surface area contributed by atoms with Crippen LogP contribution in [0.3, 0.4) is 0 Å². The van der Waals surface area contributed by atoms with Gasteiger partial charge in [-0.3, -0.25) is 4.79 Å². The lowest BCUT2D eigenvalue weighted by Gasteiger charge is -2.13. The summed E-state index contributed by atoms with van der Waals surface area (Å²) < 4.78 is 2.22. The number of halogens is 1. The van der Waals surface area contributed by atoms with Crippen molar-refractivity contribution in [2.75, 3.05) is 6.54 Å². The van der Waals surface area contributed by atoms with Gasteiger partial charge < -0.3 is 9.88 Å². The van der Waals surface area contributed by atoms with Crippen LogP contribution in [-0.4, -0.2) is 17.0 Å². The Morgan fingerprint density at radius 3 is 2.45 bits per heavy atom. The van der Waals surface area contributed by atoms with E-state index in [1.165, 1.54) is 16.5 Å². The number of aryl methyl sites for hydroxylation is 1. The van der Waals surface area contributed by atoms with Crippen LogP contribution in [0.25, 0.3) is 10.9 Å². The SMILES string of the molecule is C[C@H](CNC(=O)CCc1cn(Cc2ccccc2Cl)c2ccccc12)c1ccccc1. The average molecular weight is 431 g/mol. The lowest BCUT2D eigenvalue weighted by molar-refractivity contribution is -0.121. The monoisotopic (exact) mass is 430 g/mol. The quantitative estimate of drug-likeness (QED) is 0.355. The van der Waals surface area contributed by atoms with Gasteiger partial charge in [-0.25, -0.2) is 0 Å². The first kappa shape index (κ1) is 21.2. The molecule has 0 aliphatic rings. The molecule has 0 fully saturated rings. The summed E-state index contributed by atoms with van der Waals surface area (Å²) in [5, 5.41) is 5.06. The minimum atomic E-state index is 0.0886. The fourth-order valence-corrected chi connectivity index (χ4v) is 4.16. The second-order valence-electron chi connectivity index (χ2n) is 8.01. The van der Waals surface area contributed by atoms with Crippen molar-refractivity contribution in [3.63, 3.8) is 0 Å². The first-order valence-electron chi connectivity index (χ1n) is 10.7. The Morgan fingerprint density at radius 1 is 0.935 bits per heavy atom. The standard InChI is InChI=1S/C27H27ClN2O/c1-20(21-9-3-2-4-10-21)17-29-27(31)16-15-22-18-30(26-14-8-6-12-24(22)26)19-23-11-5-7-13-25(23)28/h2-14,18,20H,15-17,19H2,1H3,(H,29,31)/t20-/m1/s1. The van der Waals surface area contributed by atoms with E-state index >= 15 is 0 Å². The zero-order chi connectivity index (χ0) is 21.6. The number of rotatable bonds is 8. The fraction of sp³-hybridized carbons (Fsp3) is 0.222. The van der Waals surface area contributed by atoms with Crippen molar-refractivity contribution in [1.82, 2.24) is 9.88 Å². The zero-order valence-electron chi connectivity index (χ0n) is 17.7. The molecule has 0 aliphatic heterocycles. The number of aromatic nitrogens is 1. The molecule has 3 aromatic carbocycles. The van der Waals surface area contributed by atoms with E-state index < -0.39 is 0 Å². The number of amides is 1. The molecule has 0 radical (unpaired) electrons. The van der Waals surface area contributed by atoms with Gasteiger partial charge in [0, 0.05) is 41.6 Å². The van der Waals surface area contributed by atoms with Crippen LogP contribution in [0, 0.1) is 0 Å². The summed E-state index contributed by atoms with van der Waals surface area (Å²) in [4.78, 5) is 12.5. The minimum absolute atomic E-state index is 0.0886. The normalized spacial score (nSPS) is 12.1. The van der Waals surface area contributed by atoms with Gasteiger partial charge in [0.15, 0.2) is 0 Å². The lowest BCUT2D eigenvalue weighted by atomic mass is 10.0. The third-order valence-corrected chi connectivity index (χ3v) is 6.13. The fourth-order valence-electron chi connectivity index (χ4n) is 3.97. The predicted molar refractivity (Wildman–Crippen MR) is 129 cm³/mol. The van der Waals surface area contributed by atoms with Crippen molar-refractivity contribution in [3.8, 4) is 0 Å². The highest BCUT2D eigenvalue weighted by Gasteiger charge is 2.12. The second kappa shape index (κ2) is 9.84. The summed E-state index contributed by atoms with van der Waals surface area (Å²) in [5.74, 6) is 0.383. The number of hydrogen-bond donors (Lipinski definition) is 1. The summed E-state index contributed by atoms with van der Waals surface area (Å²) in [7, 11) is 0. The Labute approximate surface area is 188 Å². The van der Waals surface area contributed by atoms with Gasteiger partial charge in [-0.2, -0.15) is 0 Å². The van der Waals surface area contributed by atoms with E-state index in [2.05, 4.69) is 53.3 Å². The predicted octanol–water partition coefficient (Wildman–Crippen LogP) is 6.20. The van der Waals surface area contributed by atoms with Crippen LogP contribution in [-0.2, 0) is 17.8 Å². The lowest BCUT2D eigenvalue weighted by Crippen LogP contribution is -2.27. The molecule has 0 saturated heterocycles. The van der Waals surface area contributed by atoms with Crippen molar-refractivity contribution in [1.29, 1.82) is 0 Å². The Hall–Kier alpha value is -3.04. The topological polar surface area (TPSA) is 34.0 Å². The number of fused-ring (bicyclic) bond motifs is 1. The van der Waals surface area contributed by atoms with Crippen LogP contribution >= 0.6 is 11.6 Å². The van der Waals surface area contributed by atoms with Gasteiger partial charge in [-0.1, -0.05) is 85.3 Å². The zero-order valence-corrected chi connectivity index (χ0v) is 18.5. The van der Waals surface area contributed by atoms with Crippen LogP contribution in [0.4, 0.5) is 0 Å². The number of hydrogen-bond acceptors (Lipinski definition) is 1. The Morgan fingerprint density at radius 2 is 1.65 bits per heavy atom. The van der Waals surface area contributed by atoms with Crippen LogP contribution in [0.15, 0.2) is 85.1 Å². The van der Waals surface area contributed by atoms with Crippen molar-refractivity contribution < 1.29 is 4.79 Å². The molecule has 1 amide bonds. The van der Waals surface area contributed by atoms with Gasteiger partial charge >= 0.3 is 0 Å². The van der Waals surface area contributed by atoms with E-state index in [1.807, 2.05) is 48.5 Å². The van der Waals surface area contributed by atoms with Gasteiger partial charge in [-0.05, 0) is 41.2 Å². The maximum Gasteiger partial charge on any atom is 0.220 e. The number of para-hydroxylation sites is 1. The molecule has 0 unspecified atom stereocenters. The molecular weight excluding hydrogens is 404 g/mol. The highest BCUT2D eigenvalue weighted by atomic mass is 35.5. The van der Waals surface area contributed by atoms with Gasteiger partial charge in [0.2, 0.25) is 5.91 Å². The van der Waals surface area contributed by atoms with Crippen molar-refractivity contribution in [3.05, 3.63) is 107 Å². The number of nitrogens with zero attached hydrogens (tertiary/aromatic N) is 1. The highest BCUT2D eigenvalue weighted by molar-refractivity contribution is 6.31. The molecule has 0 bridgehead atoms. The molecule has 0 aliphatic carbocycles. The summed E-state index contributed by atoms with van der Waals surface area (Å²) in [6.07, 6.45) is 3.34. The van der Waals surface area contributed by atoms with E-state index in [1.54, 1.807) is 0 Å². The van der Waals surface area contributed by atoms with Crippen LogP contribution in [0.5, 0.6) is 0 Å². The molecule has 0 spiro atoms. The molecule has 3 nitrogen and oxygen atoms in total. The molecule has 0 saturated carbocycles. The number of benzene rings is 3. The number of carbonyl (C=O) groups excluding carboxylic acids is 1. The van der Waals surface area contributed by atoms with Gasteiger partial charge in [0.1, 0.15) is 0 Å². The minimum Gasteiger partial charge on any atom is -0.355 e. The first-order chi connectivity index (χ1) is 15.1. The van der Waals surface area contributed by atoms with Crippen molar-refractivity contribution >= 4 is 28.4 Å². The Bertz CT molecular complexity index is 1170. The molecule has 1 N–H and O–H groups in total. The third kappa shape index (κ3) is 5.18. The van der Waals surface area contributed by atoms with Gasteiger partial charge in [0.25, 0.3) is 0 Å². The molecule has 1 heterocycles. The molecule has 4 heteroatoms. The highest BCUT2D eigenvalue weighted by Crippen LogP contribution is 2.25. The van der Waals surface area contributed by atoms with Gasteiger partial charge in [-0.15, -0.1) is 0 Å². The summed E-state index contributed by atoms with van der Waals surface area (Å²) >= 11 is 6.37. The maximum absolute atomic E-state index is 12.5. The molecular formula is C27H27ClN2O. The molecule has 31 heavy (non-hydrogen) atoms. The van der Waals surface area contributed by atoms with Crippen LogP contribution in [0.2, 0.25) is 5.02 Å². The third-order valence-electron chi connectivity index (χ3n) is 5.77. The van der Waals surface area contributed by atoms with Crippen LogP contribution < -0.4 is 5.32 Å². The molecule has 158 valence electrons. The largest absolute Gasteiger partial charge is 0.355 e. The summed E-state index contributed by atoms with van der Waals surface area (Å²) in [6, 6.07) is 26.6. The Kier molecular flexibility index (Phi) is 6.73. The summed E-state index contributed by atoms with van der Waals surface area (Å²) in [6.45, 7) is 3.50. The molecule has 4 aromatic rings. The van der Waals surface area contributed by atoms with Crippen molar-refractivity contribution in [2.45, 2.75) is 32.2 Å². The summed E-state index contributed by atoms with van der Waals surface area (Å²) in [5.41, 5.74) is 4.68. The van der Waals surface area contributed by atoms with E-state index in [-0.39, 0.29) is 5.91 Å². The smallest absolute Gasteiger partial charge is 0.220 e. The van der Waals surface area contributed by atoms with E-state index in [0.29, 0.717) is 31.8 Å². The number of nitrogens with one attached hydrogen (secondary N) is 1. The van der Waals surface area contributed by atoms with E-state index in [4.69, 9.17) is 11.6 Å². The second-order valence-corrected chi connectivity index (χ2v) is 8.41. The number of carbonyl (C=O) groups is 1. The van der Waals surface area contributed by atoms with Gasteiger partial charge in [0.05, 0.1) is 0 Å². The Balaban J connectivity index is 1.41. The van der Waals surface area contributed by atoms with Crippen LogP contribution in [0.1, 0.15) is 36.0 Å². The van der Waals surface area contributed by atoms with E-state index in [9.17, 15) is 4.79 Å². The molecule has 4 rings (SSSR count). The maximum atomic E-state index is 12.5.